The molecule has 0 aromatic carbocycles. The summed E-state index contributed by atoms with van der Waals surface area (Å²) in [4.78, 5) is 6.58. The van der Waals surface area contributed by atoms with Gasteiger partial charge in [-0.15, -0.1) is 0 Å². The lowest BCUT2D eigenvalue weighted by Crippen LogP contribution is -2.39. The van der Waals surface area contributed by atoms with Gasteiger partial charge in [-0.2, -0.15) is 0 Å². The minimum absolute atomic E-state index is 0.145. The Morgan fingerprint density at radius 1 is 1.29 bits per heavy atom. The standard InChI is InChI=1S/C11H23N3O2S/c1-3-12-11(14-8-5-6-9-14)13-7-10-17(15,16)4-2/h3-10H2,1-2H3,(H,12,13). The Kier molecular flexibility index (Phi) is 5.74. The lowest BCUT2D eigenvalue weighted by atomic mass is 10.4. The van der Waals surface area contributed by atoms with Gasteiger partial charge in [-0.25, -0.2) is 8.42 Å². The Labute approximate surface area is 104 Å². The largest absolute Gasteiger partial charge is 0.357 e. The van der Waals surface area contributed by atoms with E-state index in [9.17, 15) is 8.42 Å². The van der Waals surface area contributed by atoms with E-state index >= 15 is 0 Å². The fourth-order valence-electron chi connectivity index (χ4n) is 1.79. The first-order chi connectivity index (χ1) is 8.09. The molecule has 0 atom stereocenters. The maximum absolute atomic E-state index is 11.4. The van der Waals surface area contributed by atoms with Crippen molar-refractivity contribution in [3.63, 3.8) is 0 Å². The van der Waals surface area contributed by atoms with Crippen molar-refractivity contribution in [3.05, 3.63) is 0 Å². The van der Waals surface area contributed by atoms with E-state index in [0.717, 1.165) is 25.6 Å². The molecule has 17 heavy (non-hydrogen) atoms. The summed E-state index contributed by atoms with van der Waals surface area (Å²) in [6.07, 6.45) is 2.38. The van der Waals surface area contributed by atoms with Gasteiger partial charge in [0.15, 0.2) is 15.8 Å². The number of guanidine groups is 1. The smallest absolute Gasteiger partial charge is 0.193 e. The number of nitrogens with zero attached hydrogens (tertiary/aromatic N) is 2. The normalized spacial score (nSPS) is 17.5. The highest BCUT2D eigenvalue weighted by atomic mass is 32.2. The zero-order valence-electron chi connectivity index (χ0n) is 10.8. The second kappa shape index (κ2) is 6.83. The first-order valence-corrected chi connectivity index (χ1v) is 8.15. The quantitative estimate of drug-likeness (QED) is 0.578. The Balaban J connectivity index is 2.51. The van der Waals surface area contributed by atoms with Crippen LogP contribution in [0.1, 0.15) is 26.7 Å². The maximum Gasteiger partial charge on any atom is 0.193 e. The molecular formula is C11H23N3O2S. The molecule has 6 heteroatoms. The minimum Gasteiger partial charge on any atom is -0.357 e. The summed E-state index contributed by atoms with van der Waals surface area (Å²) in [6, 6.07) is 0. The number of sulfone groups is 1. The van der Waals surface area contributed by atoms with E-state index in [0.29, 0.717) is 6.54 Å². The van der Waals surface area contributed by atoms with E-state index in [-0.39, 0.29) is 11.5 Å². The molecule has 0 bridgehead atoms. The molecule has 0 unspecified atom stereocenters. The van der Waals surface area contributed by atoms with Gasteiger partial charge in [-0.1, -0.05) is 6.92 Å². The van der Waals surface area contributed by atoms with E-state index in [2.05, 4.69) is 15.2 Å². The van der Waals surface area contributed by atoms with Crippen molar-refractivity contribution in [2.75, 3.05) is 37.7 Å². The lowest BCUT2D eigenvalue weighted by Gasteiger charge is -2.20. The van der Waals surface area contributed by atoms with Gasteiger partial charge in [0.2, 0.25) is 0 Å². The Morgan fingerprint density at radius 2 is 1.94 bits per heavy atom. The van der Waals surface area contributed by atoms with Gasteiger partial charge < -0.3 is 10.2 Å². The summed E-state index contributed by atoms with van der Waals surface area (Å²) in [6.45, 7) is 6.91. The molecule has 1 aliphatic heterocycles. The van der Waals surface area contributed by atoms with E-state index in [1.165, 1.54) is 12.8 Å². The van der Waals surface area contributed by atoms with Crippen LogP contribution in [0, 0.1) is 0 Å². The Bertz CT molecular complexity index is 346. The highest BCUT2D eigenvalue weighted by molar-refractivity contribution is 7.91. The van der Waals surface area contributed by atoms with Gasteiger partial charge in [-0.3, -0.25) is 4.99 Å². The number of likely N-dealkylation sites (tertiary alicyclic amines) is 1. The van der Waals surface area contributed by atoms with Crippen LogP contribution < -0.4 is 5.32 Å². The third-order valence-electron chi connectivity index (χ3n) is 2.84. The second-order valence-corrected chi connectivity index (χ2v) is 6.64. The van der Waals surface area contributed by atoms with Gasteiger partial charge in [0, 0.05) is 25.4 Å². The van der Waals surface area contributed by atoms with Gasteiger partial charge in [0.1, 0.15) is 0 Å². The molecule has 0 saturated carbocycles. The molecule has 1 heterocycles. The van der Waals surface area contributed by atoms with Crippen LogP contribution in [0.5, 0.6) is 0 Å². The lowest BCUT2D eigenvalue weighted by molar-refractivity contribution is 0.494. The number of hydrogen-bond acceptors (Lipinski definition) is 3. The van der Waals surface area contributed by atoms with E-state index in [1.807, 2.05) is 6.92 Å². The molecule has 1 saturated heterocycles. The summed E-state index contributed by atoms with van der Waals surface area (Å²) >= 11 is 0. The summed E-state index contributed by atoms with van der Waals surface area (Å²) in [5.74, 6) is 1.20. The van der Waals surface area contributed by atoms with E-state index in [4.69, 9.17) is 0 Å². The van der Waals surface area contributed by atoms with Gasteiger partial charge in [0.25, 0.3) is 0 Å². The van der Waals surface area contributed by atoms with Gasteiger partial charge >= 0.3 is 0 Å². The van der Waals surface area contributed by atoms with Gasteiger partial charge in [0.05, 0.1) is 12.3 Å². The van der Waals surface area contributed by atoms with Crippen molar-refractivity contribution in [2.45, 2.75) is 26.7 Å². The molecule has 5 nitrogen and oxygen atoms in total. The molecule has 0 spiro atoms. The van der Waals surface area contributed by atoms with E-state index < -0.39 is 9.84 Å². The first-order valence-electron chi connectivity index (χ1n) is 6.32. The minimum atomic E-state index is -2.91. The molecule has 0 aromatic rings. The zero-order chi connectivity index (χ0) is 12.7. The average Bonchev–Trinajstić information content (AvgIpc) is 2.81. The van der Waals surface area contributed by atoms with Crippen LogP contribution in [0.15, 0.2) is 4.99 Å². The topological polar surface area (TPSA) is 61.8 Å². The second-order valence-electron chi connectivity index (χ2n) is 4.17. The number of aliphatic imine (C=N–C) groups is 1. The Hall–Kier alpha value is -0.780. The Morgan fingerprint density at radius 3 is 2.47 bits per heavy atom. The summed E-state index contributed by atoms with van der Waals surface area (Å²) < 4.78 is 22.7. The highest BCUT2D eigenvalue weighted by Crippen LogP contribution is 2.07. The highest BCUT2D eigenvalue weighted by Gasteiger charge is 2.15. The van der Waals surface area contributed by atoms with Crippen molar-refractivity contribution in [1.29, 1.82) is 0 Å². The molecule has 1 rings (SSSR count). The third-order valence-corrected chi connectivity index (χ3v) is 4.53. The van der Waals surface area contributed by atoms with Crippen LogP contribution in [0.3, 0.4) is 0 Å². The SMILES string of the molecule is CCNC(=NCCS(=O)(=O)CC)N1CCCC1. The molecular weight excluding hydrogens is 238 g/mol. The van der Waals surface area contributed by atoms with Crippen molar-refractivity contribution in [2.24, 2.45) is 4.99 Å². The molecule has 1 aliphatic rings. The fraction of sp³-hybridized carbons (Fsp3) is 0.909. The van der Waals surface area contributed by atoms with Crippen LogP contribution >= 0.6 is 0 Å². The van der Waals surface area contributed by atoms with Crippen LogP contribution in [-0.2, 0) is 9.84 Å². The van der Waals surface area contributed by atoms with Crippen LogP contribution in [0.4, 0.5) is 0 Å². The monoisotopic (exact) mass is 261 g/mol. The molecule has 0 aliphatic carbocycles. The van der Waals surface area contributed by atoms with Crippen LogP contribution in [0.25, 0.3) is 0 Å². The average molecular weight is 261 g/mol. The maximum atomic E-state index is 11.4. The van der Waals surface area contributed by atoms with Crippen molar-refractivity contribution in [1.82, 2.24) is 10.2 Å². The predicted octanol–water partition coefficient (Wildman–Crippen LogP) is 0.482. The van der Waals surface area contributed by atoms with Crippen LogP contribution in [-0.4, -0.2) is 57.0 Å². The summed E-state index contributed by atoms with van der Waals surface area (Å²) in [5.41, 5.74) is 0. The number of rotatable bonds is 5. The van der Waals surface area contributed by atoms with Crippen molar-refractivity contribution < 1.29 is 8.42 Å². The molecule has 100 valence electrons. The number of hydrogen-bond donors (Lipinski definition) is 1. The van der Waals surface area contributed by atoms with E-state index in [1.54, 1.807) is 6.92 Å². The molecule has 0 aromatic heterocycles. The first kappa shape index (κ1) is 14.3. The fourth-order valence-corrected chi connectivity index (χ4v) is 2.45. The van der Waals surface area contributed by atoms with Crippen molar-refractivity contribution >= 4 is 15.8 Å². The molecule has 1 fully saturated rings. The third kappa shape index (κ3) is 4.93. The van der Waals surface area contributed by atoms with Crippen molar-refractivity contribution in [3.8, 4) is 0 Å². The summed E-state index contributed by atoms with van der Waals surface area (Å²) in [7, 11) is -2.91. The molecule has 0 amide bonds. The van der Waals surface area contributed by atoms with Crippen LogP contribution in [0.2, 0.25) is 0 Å². The molecule has 0 radical (unpaired) electrons. The van der Waals surface area contributed by atoms with Gasteiger partial charge in [-0.05, 0) is 19.8 Å². The zero-order valence-corrected chi connectivity index (χ0v) is 11.6. The molecule has 1 N–H and O–H groups in total. The number of nitrogens with one attached hydrogen (secondary N) is 1. The summed E-state index contributed by atoms with van der Waals surface area (Å²) in [5, 5.41) is 3.21. The predicted molar refractivity (Wildman–Crippen MR) is 71.1 cm³/mol.